The normalized spacial score (nSPS) is 23.5. The highest BCUT2D eigenvalue weighted by molar-refractivity contribution is 7.91. The molecule has 1 fully saturated rings. The molecule has 2 unspecified atom stereocenters. The second-order valence-corrected chi connectivity index (χ2v) is 8.34. The fraction of sp³-hybridized carbons (Fsp3) is 0.786. The molecule has 2 N–H and O–H groups in total. The lowest BCUT2D eigenvalue weighted by molar-refractivity contribution is 0.353. The van der Waals surface area contributed by atoms with Crippen molar-refractivity contribution in [2.75, 3.05) is 30.0 Å². The summed E-state index contributed by atoms with van der Waals surface area (Å²) in [4.78, 5) is 2.27. The van der Waals surface area contributed by atoms with Crippen LogP contribution in [0.5, 0.6) is 0 Å². The van der Waals surface area contributed by atoms with E-state index in [0.717, 1.165) is 25.9 Å². The SMILES string of the molecule is CCCn1nc(N2CC(C)CC(C)C2)c(S(C)(=O)=O)c1N. The van der Waals surface area contributed by atoms with E-state index in [1.165, 1.54) is 6.26 Å². The first-order chi connectivity index (χ1) is 9.74. The molecule has 7 heteroatoms. The Bertz CT molecular complexity index is 599. The average molecular weight is 314 g/mol. The van der Waals surface area contributed by atoms with Crippen molar-refractivity contribution in [2.24, 2.45) is 11.8 Å². The van der Waals surface area contributed by atoms with Crippen molar-refractivity contribution in [1.82, 2.24) is 9.78 Å². The van der Waals surface area contributed by atoms with Gasteiger partial charge < -0.3 is 10.6 Å². The molecule has 0 aromatic carbocycles. The van der Waals surface area contributed by atoms with Crippen LogP contribution in [-0.2, 0) is 16.4 Å². The van der Waals surface area contributed by atoms with Crippen LogP contribution in [0.15, 0.2) is 4.90 Å². The Balaban J connectivity index is 2.49. The minimum atomic E-state index is -3.40. The van der Waals surface area contributed by atoms with Crippen molar-refractivity contribution >= 4 is 21.5 Å². The summed E-state index contributed by atoms with van der Waals surface area (Å²) in [5, 5.41) is 4.50. The van der Waals surface area contributed by atoms with E-state index in [1.807, 2.05) is 6.92 Å². The highest BCUT2D eigenvalue weighted by Gasteiger charge is 2.31. The van der Waals surface area contributed by atoms with E-state index >= 15 is 0 Å². The van der Waals surface area contributed by atoms with Crippen LogP contribution in [0, 0.1) is 11.8 Å². The second kappa shape index (κ2) is 5.87. The summed E-state index contributed by atoms with van der Waals surface area (Å²) in [7, 11) is -3.40. The van der Waals surface area contributed by atoms with Crippen molar-refractivity contribution in [2.45, 2.75) is 45.1 Å². The van der Waals surface area contributed by atoms with Gasteiger partial charge in [-0.05, 0) is 24.7 Å². The minimum absolute atomic E-state index is 0.192. The van der Waals surface area contributed by atoms with Gasteiger partial charge in [-0.3, -0.25) is 0 Å². The number of anilines is 2. The summed E-state index contributed by atoms with van der Waals surface area (Å²) in [6, 6.07) is 0. The molecule has 1 saturated heterocycles. The van der Waals surface area contributed by atoms with Crippen LogP contribution in [0.25, 0.3) is 0 Å². The van der Waals surface area contributed by atoms with Crippen molar-refractivity contribution in [3.05, 3.63) is 0 Å². The van der Waals surface area contributed by atoms with Crippen molar-refractivity contribution in [3.63, 3.8) is 0 Å². The number of rotatable bonds is 4. The van der Waals surface area contributed by atoms with Crippen LogP contribution in [-0.4, -0.2) is 37.5 Å². The lowest BCUT2D eigenvalue weighted by atomic mass is 9.92. The Kier molecular flexibility index (Phi) is 4.51. The van der Waals surface area contributed by atoms with Crippen LogP contribution < -0.4 is 10.6 Å². The van der Waals surface area contributed by atoms with E-state index in [-0.39, 0.29) is 10.7 Å². The largest absolute Gasteiger partial charge is 0.383 e. The third-order valence-corrected chi connectivity index (χ3v) is 5.04. The van der Waals surface area contributed by atoms with Crippen LogP contribution >= 0.6 is 0 Å². The van der Waals surface area contributed by atoms with Crippen molar-refractivity contribution in [3.8, 4) is 0 Å². The Morgan fingerprint density at radius 2 is 1.86 bits per heavy atom. The molecule has 2 atom stereocenters. The van der Waals surface area contributed by atoms with E-state index in [1.54, 1.807) is 4.68 Å². The number of hydrogen-bond acceptors (Lipinski definition) is 5. The Morgan fingerprint density at radius 1 is 1.29 bits per heavy atom. The number of aromatic nitrogens is 2. The van der Waals surface area contributed by atoms with Gasteiger partial charge >= 0.3 is 0 Å². The van der Waals surface area contributed by atoms with Gasteiger partial charge in [-0.15, -0.1) is 0 Å². The molecule has 6 nitrogen and oxygen atoms in total. The predicted octanol–water partition coefficient (Wildman–Crippen LogP) is 1.76. The summed E-state index contributed by atoms with van der Waals surface area (Å²) < 4.78 is 25.9. The fourth-order valence-electron chi connectivity index (χ4n) is 3.23. The molecule has 0 bridgehead atoms. The van der Waals surface area contributed by atoms with E-state index in [4.69, 9.17) is 5.73 Å². The molecule has 0 amide bonds. The topological polar surface area (TPSA) is 81.2 Å². The third-order valence-electron chi connectivity index (χ3n) is 3.90. The smallest absolute Gasteiger partial charge is 0.182 e. The number of nitrogens with zero attached hydrogens (tertiary/aromatic N) is 3. The van der Waals surface area contributed by atoms with Crippen molar-refractivity contribution < 1.29 is 8.42 Å². The summed E-state index contributed by atoms with van der Waals surface area (Å²) in [5.41, 5.74) is 6.05. The van der Waals surface area contributed by atoms with E-state index < -0.39 is 9.84 Å². The molecule has 0 aliphatic carbocycles. The highest BCUT2D eigenvalue weighted by Crippen LogP contribution is 2.34. The highest BCUT2D eigenvalue weighted by atomic mass is 32.2. The van der Waals surface area contributed by atoms with Crippen LogP contribution in [0.3, 0.4) is 0 Å². The molecule has 1 aromatic heterocycles. The standard InChI is InChI=1S/C14H26N4O2S/c1-5-6-18-13(15)12(21(4,19)20)14(16-18)17-8-10(2)7-11(3)9-17/h10-11H,5-9,15H2,1-4H3. The molecule has 0 spiro atoms. The van der Waals surface area contributed by atoms with Gasteiger partial charge in [0.05, 0.1) is 0 Å². The van der Waals surface area contributed by atoms with E-state index in [2.05, 4.69) is 23.8 Å². The molecule has 2 heterocycles. The number of hydrogen-bond donors (Lipinski definition) is 1. The Morgan fingerprint density at radius 3 is 2.33 bits per heavy atom. The maximum absolute atomic E-state index is 12.1. The van der Waals surface area contributed by atoms with Gasteiger partial charge in [0, 0.05) is 25.9 Å². The second-order valence-electron chi connectivity index (χ2n) is 6.38. The zero-order chi connectivity index (χ0) is 15.8. The maximum atomic E-state index is 12.1. The first-order valence-corrected chi connectivity index (χ1v) is 9.44. The lowest BCUT2D eigenvalue weighted by Crippen LogP contribution is -2.39. The maximum Gasteiger partial charge on any atom is 0.182 e. The number of nitrogens with two attached hydrogens (primary N) is 1. The van der Waals surface area contributed by atoms with Gasteiger partial charge in [0.25, 0.3) is 0 Å². The Labute approximate surface area is 127 Å². The first kappa shape index (κ1) is 16.1. The van der Waals surface area contributed by atoms with Gasteiger partial charge in [-0.25, -0.2) is 13.1 Å². The molecule has 120 valence electrons. The van der Waals surface area contributed by atoms with Gasteiger partial charge in [-0.1, -0.05) is 20.8 Å². The molecular weight excluding hydrogens is 288 g/mol. The number of nitrogen functional groups attached to an aromatic ring is 1. The fourth-order valence-corrected chi connectivity index (χ4v) is 4.21. The van der Waals surface area contributed by atoms with Crippen LogP contribution in [0.2, 0.25) is 0 Å². The van der Waals surface area contributed by atoms with Gasteiger partial charge in [0.2, 0.25) is 0 Å². The number of piperidine rings is 1. The summed E-state index contributed by atoms with van der Waals surface area (Å²) in [6.07, 6.45) is 3.23. The third kappa shape index (κ3) is 3.33. The van der Waals surface area contributed by atoms with E-state index in [9.17, 15) is 8.42 Å². The average Bonchev–Trinajstić information content (AvgIpc) is 2.66. The molecular formula is C14H26N4O2S. The Hall–Kier alpha value is -1.24. The molecule has 1 aliphatic heterocycles. The molecule has 1 aliphatic rings. The summed E-state index contributed by atoms with van der Waals surface area (Å²) in [5.74, 6) is 1.85. The molecule has 1 aromatic rings. The van der Waals surface area contributed by atoms with Gasteiger partial charge in [0.1, 0.15) is 5.82 Å². The molecule has 0 radical (unpaired) electrons. The van der Waals surface area contributed by atoms with Gasteiger partial charge in [0.15, 0.2) is 20.6 Å². The molecule has 21 heavy (non-hydrogen) atoms. The van der Waals surface area contributed by atoms with Crippen LogP contribution in [0.4, 0.5) is 11.6 Å². The lowest BCUT2D eigenvalue weighted by Gasteiger charge is -2.35. The number of aryl methyl sites for hydroxylation is 1. The van der Waals surface area contributed by atoms with Crippen molar-refractivity contribution in [1.29, 1.82) is 0 Å². The van der Waals surface area contributed by atoms with Gasteiger partial charge in [-0.2, -0.15) is 5.10 Å². The predicted molar refractivity (Wildman–Crippen MR) is 85.2 cm³/mol. The first-order valence-electron chi connectivity index (χ1n) is 7.55. The summed E-state index contributed by atoms with van der Waals surface area (Å²) >= 11 is 0. The zero-order valence-corrected chi connectivity index (χ0v) is 14.2. The quantitative estimate of drug-likeness (QED) is 0.916. The summed E-state index contributed by atoms with van der Waals surface area (Å²) in [6.45, 7) is 8.69. The van der Waals surface area contributed by atoms with E-state index in [0.29, 0.717) is 24.2 Å². The minimum Gasteiger partial charge on any atom is -0.383 e. The van der Waals surface area contributed by atoms with Crippen LogP contribution in [0.1, 0.15) is 33.6 Å². The number of sulfone groups is 1. The molecule has 0 saturated carbocycles. The molecule has 2 rings (SSSR count). The monoisotopic (exact) mass is 314 g/mol. The zero-order valence-electron chi connectivity index (χ0n) is 13.3.